The Labute approximate surface area is 115 Å². The number of aromatic nitrogens is 1. The van der Waals surface area contributed by atoms with Crippen molar-refractivity contribution in [1.82, 2.24) is 4.98 Å². The van der Waals surface area contributed by atoms with Crippen LogP contribution in [0.3, 0.4) is 0 Å². The highest BCUT2D eigenvalue weighted by Gasteiger charge is 2.12. The number of rotatable bonds is 3. The van der Waals surface area contributed by atoms with Crippen LogP contribution in [0.2, 0.25) is 10.3 Å². The van der Waals surface area contributed by atoms with Crippen molar-refractivity contribution in [2.45, 2.75) is 6.10 Å². The van der Waals surface area contributed by atoms with E-state index in [0.717, 1.165) is 11.3 Å². The van der Waals surface area contributed by atoms with Gasteiger partial charge in [0, 0.05) is 0 Å². The molecule has 0 fully saturated rings. The molecule has 0 amide bonds. The van der Waals surface area contributed by atoms with E-state index in [2.05, 4.69) is 4.98 Å². The molecule has 3 nitrogen and oxygen atoms in total. The molecule has 1 N–H and O–H groups in total. The summed E-state index contributed by atoms with van der Waals surface area (Å²) < 4.78 is 5.06. The molecule has 0 bridgehead atoms. The van der Waals surface area contributed by atoms with Crippen molar-refractivity contribution in [1.29, 1.82) is 0 Å². The predicted octanol–water partition coefficient (Wildman–Crippen LogP) is 3.48. The van der Waals surface area contributed by atoms with Crippen molar-refractivity contribution < 1.29 is 9.84 Å². The van der Waals surface area contributed by atoms with Gasteiger partial charge in [-0.05, 0) is 35.4 Å². The van der Waals surface area contributed by atoms with E-state index < -0.39 is 6.10 Å². The highest BCUT2D eigenvalue weighted by molar-refractivity contribution is 6.32. The summed E-state index contributed by atoms with van der Waals surface area (Å²) in [5.41, 5.74) is 1.33. The Hall–Kier alpha value is -1.29. The van der Waals surface area contributed by atoms with Gasteiger partial charge in [-0.2, -0.15) is 0 Å². The summed E-state index contributed by atoms with van der Waals surface area (Å²) >= 11 is 11.6. The van der Waals surface area contributed by atoms with Gasteiger partial charge in [-0.3, -0.25) is 0 Å². The van der Waals surface area contributed by atoms with Crippen LogP contribution in [0, 0.1) is 0 Å². The van der Waals surface area contributed by atoms with Gasteiger partial charge >= 0.3 is 0 Å². The van der Waals surface area contributed by atoms with Crippen LogP contribution < -0.4 is 4.74 Å². The van der Waals surface area contributed by atoms with E-state index in [-0.39, 0.29) is 10.3 Å². The Morgan fingerprint density at radius 1 is 1.06 bits per heavy atom. The van der Waals surface area contributed by atoms with Gasteiger partial charge in [0.25, 0.3) is 0 Å². The third kappa shape index (κ3) is 2.93. The molecule has 0 spiro atoms. The van der Waals surface area contributed by atoms with Crippen LogP contribution in [-0.2, 0) is 0 Å². The first-order valence-corrected chi connectivity index (χ1v) is 6.01. The van der Waals surface area contributed by atoms with Crippen molar-refractivity contribution in [2.24, 2.45) is 0 Å². The average Bonchev–Trinajstić information content (AvgIpc) is 2.37. The number of aliphatic hydroxyl groups excluding tert-OH is 1. The predicted molar refractivity (Wildman–Crippen MR) is 71.3 cm³/mol. The highest BCUT2D eigenvalue weighted by atomic mass is 35.5. The number of pyridine rings is 1. The summed E-state index contributed by atoms with van der Waals surface area (Å²) in [7, 11) is 1.59. The van der Waals surface area contributed by atoms with Crippen LogP contribution in [-0.4, -0.2) is 17.2 Å². The second kappa shape index (κ2) is 5.57. The molecule has 18 heavy (non-hydrogen) atoms. The van der Waals surface area contributed by atoms with Gasteiger partial charge in [0.15, 0.2) is 0 Å². The summed E-state index contributed by atoms with van der Waals surface area (Å²) in [5.74, 6) is 0.733. The minimum absolute atomic E-state index is 0.255. The fourth-order valence-corrected chi connectivity index (χ4v) is 2.10. The van der Waals surface area contributed by atoms with E-state index in [4.69, 9.17) is 27.9 Å². The second-order valence-electron chi connectivity index (χ2n) is 3.72. The van der Waals surface area contributed by atoms with Crippen LogP contribution in [0.25, 0.3) is 0 Å². The van der Waals surface area contributed by atoms with Crippen LogP contribution in [0.1, 0.15) is 17.2 Å². The lowest BCUT2D eigenvalue weighted by atomic mass is 10.0. The highest BCUT2D eigenvalue weighted by Crippen LogP contribution is 2.26. The van der Waals surface area contributed by atoms with Crippen LogP contribution in [0.4, 0.5) is 0 Å². The maximum absolute atomic E-state index is 10.2. The van der Waals surface area contributed by atoms with Crippen LogP contribution in [0.5, 0.6) is 5.75 Å². The van der Waals surface area contributed by atoms with Crippen molar-refractivity contribution in [2.75, 3.05) is 7.11 Å². The quantitative estimate of drug-likeness (QED) is 0.877. The fourth-order valence-electron chi connectivity index (χ4n) is 1.62. The molecule has 1 aromatic carbocycles. The molecule has 0 saturated heterocycles. The Kier molecular flexibility index (Phi) is 4.07. The molecule has 0 aliphatic carbocycles. The number of aliphatic hydroxyl groups is 1. The van der Waals surface area contributed by atoms with Crippen LogP contribution >= 0.6 is 23.2 Å². The molecule has 1 aromatic heterocycles. The molecule has 0 saturated carbocycles. The van der Waals surface area contributed by atoms with E-state index >= 15 is 0 Å². The molecular weight excluding hydrogens is 273 g/mol. The van der Waals surface area contributed by atoms with Gasteiger partial charge in [0.1, 0.15) is 22.2 Å². The van der Waals surface area contributed by atoms with E-state index in [1.54, 1.807) is 43.5 Å². The lowest BCUT2D eigenvalue weighted by Crippen LogP contribution is -2.00. The second-order valence-corrected chi connectivity index (χ2v) is 4.50. The number of methoxy groups -OCH3 is 1. The fraction of sp³-hybridized carbons (Fsp3) is 0.154. The first-order valence-electron chi connectivity index (χ1n) is 5.25. The number of nitrogens with zero attached hydrogens (tertiary/aromatic N) is 1. The molecule has 2 aromatic rings. The Bertz CT molecular complexity index is 523. The number of hydrogen-bond acceptors (Lipinski definition) is 3. The molecular formula is C13H11Cl2NO2. The smallest absolute Gasteiger partial charge is 0.131 e. The van der Waals surface area contributed by atoms with Gasteiger partial charge in [-0.1, -0.05) is 35.3 Å². The average molecular weight is 284 g/mol. The van der Waals surface area contributed by atoms with Gasteiger partial charge in [0.2, 0.25) is 0 Å². The SMILES string of the molecule is COc1ccc(C(O)c2cc(Cl)nc(Cl)c2)cc1. The topological polar surface area (TPSA) is 42.4 Å². The minimum Gasteiger partial charge on any atom is -0.497 e. The van der Waals surface area contributed by atoms with Gasteiger partial charge in [-0.25, -0.2) is 4.98 Å². The van der Waals surface area contributed by atoms with Crippen molar-refractivity contribution in [3.05, 3.63) is 57.8 Å². The third-order valence-corrected chi connectivity index (χ3v) is 2.92. The summed E-state index contributed by atoms with van der Waals surface area (Å²) in [4.78, 5) is 3.84. The lowest BCUT2D eigenvalue weighted by Gasteiger charge is -2.12. The minimum atomic E-state index is -0.797. The zero-order chi connectivity index (χ0) is 13.1. The normalized spacial score (nSPS) is 12.2. The number of halogens is 2. The number of ether oxygens (including phenoxy) is 1. The van der Waals surface area contributed by atoms with E-state index in [1.165, 1.54) is 0 Å². The molecule has 0 radical (unpaired) electrons. The molecule has 0 aliphatic heterocycles. The maximum atomic E-state index is 10.2. The van der Waals surface area contributed by atoms with E-state index in [9.17, 15) is 5.11 Å². The first kappa shape index (κ1) is 13.1. The summed E-state index contributed by atoms with van der Waals surface area (Å²) in [6.45, 7) is 0. The largest absolute Gasteiger partial charge is 0.497 e. The first-order chi connectivity index (χ1) is 8.60. The van der Waals surface area contributed by atoms with Gasteiger partial charge in [0.05, 0.1) is 7.11 Å². The van der Waals surface area contributed by atoms with E-state index in [0.29, 0.717) is 5.56 Å². The molecule has 1 heterocycles. The number of hydrogen-bond donors (Lipinski definition) is 1. The summed E-state index contributed by atoms with van der Waals surface area (Å²) in [6, 6.07) is 10.3. The zero-order valence-corrected chi connectivity index (χ0v) is 11.1. The monoisotopic (exact) mass is 283 g/mol. The Morgan fingerprint density at radius 3 is 2.11 bits per heavy atom. The zero-order valence-electron chi connectivity index (χ0n) is 9.60. The molecule has 94 valence electrons. The molecule has 1 atom stereocenters. The van der Waals surface area contributed by atoms with Crippen LogP contribution in [0.15, 0.2) is 36.4 Å². The van der Waals surface area contributed by atoms with Crippen molar-refractivity contribution in [3.8, 4) is 5.75 Å². The maximum Gasteiger partial charge on any atom is 0.131 e. The Morgan fingerprint density at radius 2 is 1.61 bits per heavy atom. The van der Waals surface area contributed by atoms with Crippen molar-refractivity contribution in [3.63, 3.8) is 0 Å². The molecule has 0 aliphatic rings. The standard InChI is InChI=1S/C13H11Cl2NO2/c1-18-10-4-2-8(3-5-10)13(17)9-6-11(14)16-12(15)7-9/h2-7,13,17H,1H3. The summed E-state index contributed by atoms with van der Waals surface area (Å²) in [6.07, 6.45) is -0.797. The number of benzene rings is 1. The van der Waals surface area contributed by atoms with Crippen molar-refractivity contribution >= 4 is 23.2 Å². The molecule has 5 heteroatoms. The molecule has 1 unspecified atom stereocenters. The Balaban J connectivity index is 2.31. The lowest BCUT2D eigenvalue weighted by molar-refractivity contribution is 0.220. The third-order valence-electron chi connectivity index (χ3n) is 2.53. The molecule has 2 rings (SSSR count). The summed E-state index contributed by atoms with van der Waals surface area (Å²) in [5, 5.41) is 10.7. The van der Waals surface area contributed by atoms with Gasteiger partial charge < -0.3 is 9.84 Å². The van der Waals surface area contributed by atoms with Gasteiger partial charge in [-0.15, -0.1) is 0 Å². The van der Waals surface area contributed by atoms with E-state index in [1.807, 2.05) is 0 Å².